The number of carbonyl (C=O) groups is 1. The summed E-state index contributed by atoms with van der Waals surface area (Å²) >= 11 is 0. The molecule has 0 bridgehead atoms. The summed E-state index contributed by atoms with van der Waals surface area (Å²) in [5.74, 6) is -0.750. The second-order valence-electron chi connectivity index (χ2n) is 10.1. The second kappa shape index (κ2) is 11.3. The predicted molar refractivity (Wildman–Crippen MR) is 140 cm³/mol. The van der Waals surface area contributed by atoms with Crippen molar-refractivity contribution in [3.63, 3.8) is 0 Å². The van der Waals surface area contributed by atoms with Gasteiger partial charge in [-0.3, -0.25) is 4.79 Å². The summed E-state index contributed by atoms with van der Waals surface area (Å²) in [7, 11) is -2.29. The number of rotatable bonds is 6. The molecule has 9 heteroatoms. The first-order chi connectivity index (χ1) is 17.6. The van der Waals surface area contributed by atoms with Crippen LogP contribution in [0.3, 0.4) is 0 Å². The number of allylic oxidation sites excluding steroid dienone is 2. The molecule has 2 aromatic rings. The molecule has 0 aromatic heterocycles. The largest absolute Gasteiger partial charge is 0.487 e. The van der Waals surface area contributed by atoms with Crippen molar-refractivity contribution in [1.29, 1.82) is 0 Å². The van der Waals surface area contributed by atoms with E-state index in [2.05, 4.69) is 6.08 Å². The van der Waals surface area contributed by atoms with E-state index in [0.717, 1.165) is 31.2 Å². The molecule has 0 fully saturated rings. The number of nitrogens with zero attached hydrogens (tertiary/aromatic N) is 2. The molecule has 1 aliphatic carbocycles. The lowest BCUT2D eigenvalue weighted by molar-refractivity contribution is 0.0563. The number of ether oxygens (including phenoxy) is 1. The van der Waals surface area contributed by atoms with E-state index >= 15 is 0 Å². The van der Waals surface area contributed by atoms with Crippen molar-refractivity contribution in [3.8, 4) is 5.75 Å². The van der Waals surface area contributed by atoms with Gasteiger partial charge in [0.25, 0.3) is 5.91 Å². The average Bonchev–Trinajstić information content (AvgIpc) is 2.90. The van der Waals surface area contributed by atoms with Gasteiger partial charge in [-0.1, -0.05) is 19.1 Å². The van der Waals surface area contributed by atoms with Gasteiger partial charge >= 0.3 is 0 Å². The molecule has 37 heavy (non-hydrogen) atoms. The summed E-state index contributed by atoms with van der Waals surface area (Å²) in [6.45, 7) is 3.56. The smallest absolute Gasteiger partial charge is 0.253 e. The van der Waals surface area contributed by atoms with Gasteiger partial charge in [0.15, 0.2) is 0 Å². The van der Waals surface area contributed by atoms with Crippen LogP contribution in [0.15, 0.2) is 53.4 Å². The van der Waals surface area contributed by atoms with E-state index in [1.54, 1.807) is 26.1 Å². The summed E-state index contributed by atoms with van der Waals surface area (Å²) in [6.07, 6.45) is 5.81. The summed E-state index contributed by atoms with van der Waals surface area (Å²) < 4.78 is 48.4. The van der Waals surface area contributed by atoms with E-state index in [4.69, 9.17) is 4.74 Å². The molecule has 1 amide bonds. The van der Waals surface area contributed by atoms with Crippen LogP contribution in [0.2, 0.25) is 0 Å². The van der Waals surface area contributed by atoms with Gasteiger partial charge in [0.1, 0.15) is 22.6 Å². The molecule has 0 saturated heterocycles. The Hall–Kier alpha value is -2.75. The van der Waals surface area contributed by atoms with Crippen molar-refractivity contribution in [2.75, 3.05) is 26.7 Å². The third kappa shape index (κ3) is 5.89. The Morgan fingerprint density at radius 1 is 1.22 bits per heavy atom. The van der Waals surface area contributed by atoms with Crippen molar-refractivity contribution in [2.24, 2.45) is 5.92 Å². The van der Waals surface area contributed by atoms with E-state index < -0.39 is 28.0 Å². The van der Waals surface area contributed by atoms with Gasteiger partial charge in [-0.2, -0.15) is 4.31 Å². The molecule has 2 aromatic carbocycles. The molecule has 0 unspecified atom stereocenters. The normalized spacial score (nSPS) is 22.6. The average molecular weight is 531 g/mol. The Morgan fingerprint density at radius 3 is 2.59 bits per heavy atom. The van der Waals surface area contributed by atoms with Crippen LogP contribution in [-0.2, 0) is 10.0 Å². The lowest BCUT2D eigenvalue weighted by Crippen LogP contribution is -2.50. The fourth-order valence-electron chi connectivity index (χ4n) is 4.91. The summed E-state index contributed by atoms with van der Waals surface area (Å²) in [5, 5.41) is 9.84. The molecule has 0 saturated carbocycles. The van der Waals surface area contributed by atoms with E-state index in [1.165, 1.54) is 39.0 Å². The Balaban J connectivity index is 1.71. The van der Waals surface area contributed by atoms with Crippen LogP contribution in [0.25, 0.3) is 5.57 Å². The van der Waals surface area contributed by atoms with Crippen molar-refractivity contribution in [3.05, 3.63) is 65.5 Å². The third-order valence-electron chi connectivity index (χ3n) is 7.22. The summed E-state index contributed by atoms with van der Waals surface area (Å²) in [6, 6.07) is 9.94. The van der Waals surface area contributed by atoms with Crippen molar-refractivity contribution in [1.82, 2.24) is 9.21 Å². The maximum atomic E-state index is 13.7. The lowest BCUT2D eigenvalue weighted by Gasteiger charge is -2.37. The number of aliphatic hydroxyl groups excluding tert-OH is 1. The molecular weight excluding hydrogens is 495 g/mol. The number of carbonyl (C=O) groups excluding carboxylic acids is 1. The van der Waals surface area contributed by atoms with Gasteiger partial charge < -0.3 is 14.7 Å². The molecule has 4 rings (SSSR count). The standard InChI is InChI=1S/C28H35FN2O5S/c1-19-16-31(20(2)18-32)37(34,35)27-14-11-23(21-7-5-4-6-8-21)15-25(27)36-26(19)17-30(3)28(33)22-9-12-24(29)13-10-22/h7,9-15,19-20,26,32H,4-6,8,16-18H2,1-3H3/t19-,20+,26-/m1/s1. The highest BCUT2D eigenvalue weighted by molar-refractivity contribution is 7.89. The topological polar surface area (TPSA) is 87.2 Å². The Bertz CT molecular complexity index is 1260. The van der Waals surface area contributed by atoms with Crippen LogP contribution in [-0.4, -0.2) is 67.5 Å². The fourth-order valence-corrected chi connectivity index (χ4v) is 6.74. The molecule has 1 aliphatic heterocycles. The van der Waals surface area contributed by atoms with E-state index in [1.807, 2.05) is 13.0 Å². The maximum absolute atomic E-state index is 13.7. The number of hydrogen-bond donors (Lipinski definition) is 1. The first-order valence-corrected chi connectivity index (χ1v) is 14.2. The first-order valence-electron chi connectivity index (χ1n) is 12.8. The van der Waals surface area contributed by atoms with E-state index in [9.17, 15) is 22.7 Å². The van der Waals surface area contributed by atoms with Crippen LogP contribution in [0, 0.1) is 11.7 Å². The van der Waals surface area contributed by atoms with Crippen molar-refractivity contribution >= 4 is 21.5 Å². The number of hydrogen-bond acceptors (Lipinski definition) is 5. The van der Waals surface area contributed by atoms with Gasteiger partial charge in [0, 0.05) is 31.1 Å². The number of benzene rings is 2. The number of halogens is 1. The molecule has 200 valence electrons. The van der Waals surface area contributed by atoms with Gasteiger partial charge in [0.05, 0.1) is 13.2 Å². The zero-order chi connectivity index (χ0) is 26.7. The highest BCUT2D eigenvalue weighted by atomic mass is 32.2. The minimum absolute atomic E-state index is 0.0531. The van der Waals surface area contributed by atoms with Crippen molar-refractivity contribution < 1.29 is 27.4 Å². The molecular formula is C28H35FN2O5S. The Labute approximate surface area is 218 Å². The molecule has 0 radical (unpaired) electrons. The van der Waals surface area contributed by atoms with Gasteiger partial charge in [0.2, 0.25) is 10.0 Å². The SMILES string of the molecule is C[C@@H]1CN([C@@H](C)CO)S(=O)(=O)c2ccc(C3=CCCCC3)cc2O[C@@H]1CN(C)C(=O)c1ccc(F)cc1. The third-order valence-corrected chi connectivity index (χ3v) is 9.24. The number of aliphatic hydroxyl groups is 1. The van der Waals surface area contributed by atoms with Gasteiger partial charge in [-0.05, 0) is 80.1 Å². The number of amides is 1. The van der Waals surface area contributed by atoms with Crippen LogP contribution in [0.4, 0.5) is 4.39 Å². The number of sulfonamides is 1. The number of likely N-dealkylation sites (N-methyl/N-ethyl adjacent to an activating group) is 1. The zero-order valence-corrected chi connectivity index (χ0v) is 22.4. The quantitative estimate of drug-likeness (QED) is 0.601. The van der Waals surface area contributed by atoms with Crippen LogP contribution >= 0.6 is 0 Å². The lowest BCUT2D eigenvalue weighted by atomic mass is 9.93. The van der Waals surface area contributed by atoms with Crippen molar-refractivity contribution in [2.45, 2.75) is 56.6 Å². The van der Waals surface area contributed by atoms with E-state index in [-0.39, 0.29) is 42.2 Å². The molecule has 1 heterocycles. The van der Waals surface area contributed by atoms with Crippen LogP contribution < -0.4 is 4.74 Å². The Kier molecular flexibility index (Phi) is 8.36. The molecule has 3 atom stereocenters. The summed E-state index contributed by atoms with van der Waals surface area (Å²) in [5.41, 5.74) is 2.46. The maximum Gasteiger partial charge on any atom is 0.253 e. The van der Waals surface area contributed by atoms with Gasteiger partial charge in [-0.15, -0.1) is 0 Å². The summed E-state index contributed by atoms with van der Waals surface area (Å²) in [4.78, 5) is 14.6. The predicted octanol–water partition coefficient (Wildman–Crippen LogP) is 4.32. The first kappa shape index (κ1) is 27.3. The Morgan fingerprint density at radius 2 is 1.95 bits per heavy atom. The molecule has 7 nitrogen and oxygen atoms in total. The monoisotopic (exact) mass is 530 g/mol. The zero-order valence-electron chi connectivity index (χ0n) is 21.6. The minimum atomic E-state index is -3.94. The molecule has 1 N–H and O–H groups in total. The minimum Gasteiger partial charge on any atom is -0.487 e. The van der Waals surface area contributed by atoms with Gasteiger partial charge in [-0.25, -0.2) is 12.8 Å². The van der Waals surface area contributed by atoms with E-state index in [0.29, 0.717) is 5.56 Å². The van der Waals surface area contributed by atoms with Crippen LogP contribution in [0.1, 0.15) is 55.5 Å². The number of fused-ring (bicyclic) bond motifs is 1. The molecule has 0 spiro atoms. The highest BCUT2D eigenvalue weighted by Gasteiger charge is 2.38. The fraction of sp³-hybridized carbons (Fsp3) is 0.464. The second-order valence-corrected chi connectivity index (χ2v) is 11.9. The highest BCUT2D eigenvalue weighted by Crippen LogP contribution is 2.37. The van der Waals surface area contributed by atoms with Crippen LogP contribution in [0.5, 0.6) is 5.75 Å². The molecule has 2 aliphatic rings.